The lowest BCUT2D eigenvalue weighted by atomic mass is 10.2. The van der Waals surface area contributed by atoms with E-state index in [2.05, 4.69) is 26.5 Å². The van der Waals surface area contributed by atoms with E-state index in [9.17, 15) is 9.18 Å². The minimum atomic E-state index is -0.399. The number of amides is 1. The van der Waals surface area contributed by atoms with Gasteiger partial charge in [-0.15, -0.1) is 0 Å². The molecule has 0 aliphatic carbocycles. The quantitative estimate of drug-likeness (QED) is 0.518. The molecule has 0 aliphatic heterocycles. The maximum atomic E-state index is 13.4. The van der Waals surface area contributed by atoms with Crippen LogP contribution in [0.15, 0.2) is 58.4 Å². The SMILES string of the molecule is O=C(C[n+]1ccccc1)N/N=C/c1cc(Br)ccc1F. The first-order chi connectivity index (χ1) is 9.65. The lowest BCUT2D eigenvalue weighted by Gasteiger charge is -1.98. The predicted molar refractivity (Wildman–Crippen MR) is 76.5 cm³/mol. The zero-order chi connectivity index (χ0) is 14.4. The van der Waals surface area contributed by atoms with Gasteiger partial charge in [0.2, 0.25) is 6.54 Å². The highest BCUT2D eigenvalue weighted by atomic mass is 79.9. The van der Waals surface area contributed by atoms with Crippen molar-refractivity contribution in [1.29, 1.82) is 0 Å². The van der Waals surface area contributed by atoms with Crippen molar-refractivity contribution in [3.05, 3.63) is 64.6 Å². The first kappa shape index (κ1) is 14.3. The van der Waals surface area contributed by atoms with Crippen LogP contribution >= 0.6 is 15.9 Å². The Morgan fingerprint density at radius 1 is 1.35 bits per heavy atom. The summed E-state index contributed by atoms with van der Waals surface area (Å²) in [4.78, 5) is 11.6. The highest BCUT2D eigenvalue weighted by Crippen LogP contribution is 2.13. The van der Waals surface area contributed by atoms with E-state index >= 15 is 0 Å². The maximum Gasteiger partial charge on any atom is 0.305 e. The van der Waals surface area contributed by atoms with E-state index in [-0.39, 0.29) is 12.5 Å². The number of halogens is 2. The summed E-state index contributed by atoms with van der Waals surface area (Å²) in [6.45, 7) is 0.152. The third-order valence-corrected chi connectivity index (χ3v) is 2.95. The fourth-order valence-corrected chi connectivity index (χ4v) is 1.91. The molecule has 0 saturated carbocycles. The molecule has 0 bridgehead atoms. The molecule has 1 aromatic heterocycles. The van der Waals surface area contributed by atoms with Gasteiger partial charge in [0.1, 0.15) is 5.82 Å². The van der Waals surface area contributed by atoms with Crippen LogP contribution in [0.3, 0.4) is 0 Å². The van der Waals surface area contributed by atoms with Gasteiger partial charge in [0.25, 0.3) is 0 Å². The van der Waals surface area contributed by atoms with E-state index < -0.39 is 5.82 Å². The van der Waals surface area contributed by atoms with Gasteiger partial charge in [-0.2, -0.15) is 9.67 Å². The summed E-state index contributed by atoms with van der Waals surface area (Å²) in [5, 5.41) is 3.74. The van der Waals surface area contributed by atoms with Crippen LogP contribution in [-0.4, -0.2) is 12.1 Å². The van der Waals surface area contributed by atoms with Crippen LogP contribution in [0.1, 0.15) is 5.56 Å². The average molecular weight is 337 g/mol. The maximum absolute atomic E-state index is 13.4. The Labute approximate surface area is 124 Å². The molecule has 0 atom stereocenters. The normalized spacial score (nSPS) is 10.7. The number of benzene rings is 1. The number of nitrogens with one attached hydrogen (secondary N) is 1. The van der Waals surface area contributed by atoms with Crippen LogP contribution in [0.2, 0.25) is 0 Å². The molecule has 0 aliphatic rings. The van der Waals surface area contributed by atoms with E-state index in [4.69, 9.17) is 0 Å². The van der Waals surface area contributed by atoms with Gasteiger partial charge in [-0.05, 0) is 18.2 Å². The van der Waals surface area contributed by atoms with Crippen LogP contribution < -0.4 is 9.99 Å². The summed E-state index contributed by atoms with van der Waals surface area (Å²) in [5.41, 5.74) is 2.65. The molecule has 6 heteroatoms. The van der Waals surface area contributed by atoms with Gasteiger partial charge in [0.15, 0.2) is 12.4 Å². The highest BCUT2D eigenvalue weighted by Gasteiger charge is 2.06. The Hall–Kier alpha value is -2.08. The molecule has 4 nitrogen and oxygen atoms in total. The van der Waals surface area contributed by atoms with Gasteiger partial charge in [-0.25, -0.2) is 9.82 Å². The van der Waals surface area contributed by atoms with Gasteiger partial charge in [0.05, 0.1) is 6.21 Å². The van der Waals surface area contributed by atoms with Crippen molar-refractivity contribution >= 4 is 28.1 Å². The number of aromatic nitrogens is 1. The Kier molecular flexibility index (Phi) is 4.95. The largest absolute Gasteiger partial charge is 0.305 e. The summed E-state index contributed by atoms with van der Waals surface area (Å²) in [5.74, 6) is -0.684. The number of nitrogens with zero attached hydrogens (tertiary/aromatic N) is 2. The van der Waals surface area contributed by atoms with Gasteiger partial charge in [0, 0.05) is 22.2 Å². The van der Waals surface area contributed by atoms with E-state index in [0.29, 0.717) is 5.56 Å². The molecule has 1 aromatic carbocycles. The fraction of sp³-hybridized carbons (Fsp3) is 0.0714. The number of rotatable bonds is 4. The molecule has 0 radical (unpaired) electrons. The monoisotopic (exact) mass is 336 g/mol. The molecule has 102 valence electrons. The third-order valence-electron chi connectivity index (χ3n) is 2.45. The van der Waals surface area contributed by atoms with Crippen molar-refractivity contribution in [1.82, 2.24) is 5.43 Å². The van der Waals surface area contributed by atoms with Crippen molar-refractivity contribution in [2.75, 3.05) is 0 Å². The fourth-order valence-electron chi connectivity index (χ4n) is 1.53. The molecule has 2 aromatic rings. The number of pyridine rings is 1. The van der Waals surface area contributed by atoms with E-state index in [1.165, 1.54) is 12.3 Å². The summed E-state index contributed by atoms with van der Waals surface area (Å²) < 4.78 is 15.9. The number of carbonyl (C=O) groups is 1. The zero-order valence-electron chi connectivity index (χ0n) is 10.5. The number of carbonyl (C=O) groups excluding carboxylic acids is 1. The van der Waals surface area contributed by atoms with Crippen molar-refractivity contribution in [2.24, 2.45) is 5.10 Å². The summed E-state index contributed by atoms with van der Waals surface area (Å²) in [6, 6.07) is 10.0. The van der Waals surface area contributed by atoms with E-state index in [1.807, 2.05) is 18.2 Å². The second-order valence-corrected chi connectivity index (χ2v) is 4.92. The van der Waals surface area contributed by atoms with Crippen molar-refractivity contribution in [2.45, 2.75) is 6.54 Å². The smallest absolute Gasteiger partial charge is 0.266 e. The lowest BCUT2D eigenvalue weighted by molar-refractivity contribution is -0.684. The Morgan fingerprint density at radius 2 is 2.10 bits per heavy atom. The third kappa shape index (κ3) is 4.24. The highest BCUT2D eigenvalue weighted by molar-refractivity contribution is 9.10. The van der Waals surface area contributed by atoms with Crippen LogP contribution in [-0.2, 0) is 11.3 Å². The summed E-state index contributed by atoms with van der Waals surface area (Å²) in [7, 11) is 0. The molecule has 1 amide bonds. The standard InChI is InChI=1S/C14H11BrFN3O/c15-12-4-5-13(16)11(8-12)9-17-18-14(20)10-19-6-2-1-3-7-19/h1-9H,10H2/p+1/b17-9+. The molecule has 1 heterocycles. The molecule has 0 unspecified atom stereocenters. The minimum absolute atomic E-state index is 0.152. The molecule has 0 spiro atoms. The molecule has 1 N–H and O–H groups in total. The summed E-state index contributed by atoms with van der Waals surface area (Å²) in [6.07, 6.45) is 4.82. The molecular formula is C14H12BrFN3O+. The molecule has 0 saturated heterocycles. The molecular weight excluding hydrogens is 325 g/mol. The first-order valence-electron chi connectivity index (χ1n) is 5.86. The Morgan fingerprint density at radius 3 is 2.85 bits per heavy atom. The van der Waals surface area contributed by atoms with Crippen LogP contribution in [0.4, 0.5) is 4.39 Å². The van der Waals surface area contributed by atoms with Gasteiger partial charge in [-0.1, -0.05) is 22.0 Å². The predicted octanol–water partition coefficient (Wildman–Crippen LogP) is 2.03. The Bertz CT molecular complexity index is 632. The van der Waals surface area contributed by atoms with Crippen molar-refractivity contribution < 1.29 is 13.8 Å². The molecule has 0 fully saturated rings. The van der Waals surface area contributed by atoms with E-state index in [1.54, 1.807) is 29.1 Å². The second-order valence-electron chi connectivity index (χ2n) is 4.01. The van der Waals surface area contributed by atoms with Crippen molar-refractivity contribution in [3.8, 4) is 0 Å². The van der Waals surface area contributed by atoms with Crippen LogP contribution in [0.5, 0.6) is 0 Å². The lowest BCUT2D eigenvalue weighted by Crippen LogP contribution is -2.40. The number of hydrogen-bond donors (Lipinski definition) is 1. The van der Waals surface area contributed by atoms with Crippen molar-refractivity contribution in [3.63, 3.8) is 0 Å². The van der Waals surface area contributed by atoms with E-state index in [0.717, 1.165) is 4.47 Å². The second kappa shape index (κ2) is 6.91. The number of hydrazone groups is 1. The van der Waals surface area contributed by atoms with Crippen LogP contribution in [0.25, 0.3) is 0 Å². The molecule has 20 heavy (non-hydrogen) atoms. The number of hydrogen-bond acceptors (Lipinski definition) is 2. The van der Waals surface area contributed by atoms with Gasteiger partial charge in [-0.3, -0.25) is 4.79 Å². The Balaban J connectivity index is 1.93. The minimum Gasteiger partial charge on any atom is -0.266 e. The first-order valence-corrected chi connectivity index (χ1v) is 6.65. The van der Waals surface area contributed by atoms with Gasteiger partial charge >= 0.3 is 5.91 Å². The molecule has 2 rings (SSSR count). The topological polar surface area (TPSA) is 45.3 Å². The van der Waals surface area contributed by atoms with Gasteiger partial charge < -0.3 is 0 Å². The zero-order valence-corrected chi connectivity index (χ0v) is 12.0. The summed E-state index contributed by atoms with van der Waals surface area (Å²) >= 11 is 3.24. The van der Waals surface area contributed by atoms with Crippen LogP contribution in [0, 0.1) is 5.82 Å². The average Bonchev–Trinajstić information content (AvgIpc) is 2.44.